The summed E-state index contributed by atoms with van der Waals surface area (Å²) in [6.07, 6.45) is 4.22. The molecule has 3 nitrogen and oxygen atoms in total. The van der Waals surface area contributed by atoms with Crippen molar-refractivity contribution in [2.45, 2.75) is 58.5 Å². The summed E-state index contributed by atoms with van der Waals surface area (Å²) < 4.78 is 0. The average Bonchev–Trinajstić information content (AvgIpc) is 3.06. The van der Waals surface area contributed by atoms with Crippen molar-refractivity contribution >= 4 is 5.91 Å². The zero-order valence-electron chi connectivity index (χ0n) is 11.4. The van der Waals surface area contributed by atoms with E-state index in [1.807, 2.05) is 0 Å². The van der Waals surface area contributed by atoms with Gasteiger partial charge in [0.1, 0.15) is 0 Å². The first-order chi connectivity index (χ1) is 7.99. The van der Waals surface area contributed by atoms with Gasteiger partial charge in [0.25, 0.3) is 0 Å². The molecule has 2 N–H and O–H groups in total. The molecule has 4 atom stereocenters. The summed E-state index contributed by atoms with van der Waals surface area (Å²) in [6.45, 7) is 7.59. The first-order valence-corrected chi connectivity index (χ1v) is 7.04. The quantitative estimate of drug-likeness (QED) is 0.817. The minimum absolute atomic E-state index is 0.0993. The molecular weight excluding hydrogens is 212 g/mol. The molecule has 3 heteroatoms. The fourth-order valence-electron chi connectivity index (χ4n) is 3.05. The molecule has 2 fully saturated rings. The Kier molecular flexibility index (Phi) is 3.76. The van der Waals surface area contributed by atoms with Crippen LogP contribution in [0.4, 0.5) is 0 Å². The Labute approximate surface area is 105 Å². The second-order valence-corrected chi connectivity index (χ2v) is 6.31. The molecule has 0 bridgehead atoms. The van der Waals surface area contributed by atoms with E-state index in [4.69, 9.17) is 5.73 Å². The van der Waals surface area contributed by atoms with Gasteiger partial charge in [0.15, 0.2) is 0 Å². The predicted molar refractivity (Wildman–Crippen MR) is 69.4 cm³/mol. The van der Waals surface area contributed by atoms with Gasteiger partial charge in [0.2, 0.25) is 5.91 Å². The van der Waals surface area contributed by atoms with Gasteiger partial charge in [0, 0.05) is 25.0 Å². The summed E-state index contributed by atoms with van der Waals surface area (Å²) in [5.74, 6) is 2.13. The maximum atomic E-state index is 12.3. The molecule has 4 unspecified atom stereocenters. The fourth-order valence-corrected chi connectivity index (χ4v) is 3.05. The van der Waals surface area contributed by atoms with E-state index in [9.17, 15) is 4.79 Å². The van der Waals surface area contributed by atoms with Crippen LogP contribution in [0.15, 0.2) is 0 Å². The number of likely N-dealkylation sites (tertiary alicyclic amines) is 1. The minimum Gasteiger partial charge on any atom is -0.339 e. The summed E-state index contributed by atoms with van der Waals surface area (Å²) in [4.78, 5) is 14.4. The van der Waals surface area contributed by atoms with Crippen molar-refractivity contribution in [3.05, 3.63) is 0 Å². The molecule has 98 valence electrons. The third-order valence-corrected chi connectivity index (χ3v) is 4.56. The molecule has 17 heavy (non-hydrogen) atoms. The van der Waals surface area contributed by atoms with E-state index in [0.717, 1.165) is 6.54 Å². The van der Waals surface area contributed by atoms with Crippen LogP contribution in [0.2, 0.25) is 0 Å². The molecule has 2 aliphatic rings. The van der Waals surface area contributed by atoms with Gasteiger partial charge in [-0.25, -0.2) is 0 Å². The molecule has 1 saturated carbocycles. The van der Waals surface area contributed by atoms with Gasteiger partial charge >= 0.3 is 0 Å². The van der Waals surface area contributed by atoms with Gasteiger partial charge in [-0.3, -0.25) is 4.79 Å². The van der Waals surface area contributed by atoms with Crippen LogP contribution in [-0.2, 0) is 4.79 Å². The van der Waals surface area contributed by atoms with Crippen LogP contribution in [0, 0.1) is 17.8 Å². The number of nitrogens with two attached hydrogens (primary N) is 1. The van der Waals surface area contributed by atoms with Crippen LogP contribution in [0.25, 0.3) is 0 Å². The number of hydrogen-bond acceptors (Lipinski definition) is 2. The van der Waals surface area contributed by atoms with Crippen molar-refractivity contribution in [3.8, 4) is 0 Å². The largest absolute Gasteiger partial charge is 0.339 e. The minimum atomic E-state index is 0.0993. The fraction of sp³-hybridized carbons (Fsp3) is 0.929. The van der Waals surface area contributed by atoms with Gasteiger partial charge in [-0.1, -0.05) is 13.8 Å². The SMILES string of the molecule is CC1CC(C)C(C)N(C(=O)CC(N)C2CC2)C1. The molecule has 0 spiro atoms. The lowest BCUT2D eigenvalue weighted by Gasteiger charge is -2.41. The Balaban J connectivity index is 1.92. The van der Waals surface area contributed by atoms with E-state index in [1.54, 1.807) is 0 Å². The number of piperidine rings is 1. The molecule has 1 heterocycles. The lowest BCUT2D eigenvalue weighted by Crippen LogP contribution is -2.50. The first-order valence-electron chi connectivity index (χ1n) is 7.04. The van der Waals surface area contributed by atoms with Crippen molar-refractivity contribution in [3.63, 3.8) is 0 Å². The smallest absolute Gasteiger partial charge is 0.224 e. The lowest BCUT2D eigenvalue weighted by atomic mass is 9.85. The number of amides is 1. The number of carbonyl (C=O) groups excluding carboxylic acids is 1. The Morgan fingerprint density at radius 2 is 2.00 bits per heavy atom. The van der Waals surface area contributed by atoms with Crippen molar-refractivity contribution in [1.29, 1.82) is 0 Å². The normalized spacial score (nSPS) is 35.8. The average molecular weight is 238 g/mol. The van der Waals surface area contributed by atoms with E-state index >= 15 is 0 Å². The highest BCUT2D eigenvalue weighted by atomic mass is 16.2. The second-order valence-electron chi connectivity index (χ2n) is 6.31. The van der Waals surface area contributed by atoms with Crippen molar-refractivity contribution in [1.82, 2.24) is 4.90 Å². The number of hydrogen-bond donors (Lipinski definition) is 1. The third-order valence-electron chi connectivity index (χ3n) is 4.56. The topological polar surface area (TPSA) is 46.3 Å². The maximum absolute atomic E-state index is 12.3. The van der Waals surface area contributed by atoms with Crippen LogP contribution >= 0.6 is 0 Å². The van der Waals surface area contributed by atoms with Gasteiger partial charge < -0.3 is 10.6 Å². The van der Waals surface area contributed by atoms with E-state index < -0.39 is 0 Å². The zero-order chi connectivity index (χ0) is 12.6. The van der Waals surface area contributed by atoms with Crippen LogP contribution in [0.1, 0.15) is 46.5 Å². The predicted octanol–water partition coefficient (Wildman–Crippen LogP) is 2.01. The van der Waals surface area contributed by atoms with Crippen molar-refractivity contribution < 1.29 is 4.79 Å². The number of carbonyl (C=O) groups is 1. The molecule has 0 aromatic rings. The first kappa shape index (κ1) is 12.9. The van der Waals surface area contributed by atoms with Gasteiger partial charge in [0.05, 0.1) is 0 Å². The highest BCUT2D eigenvalue weighted by Crippen LogP contribution is 2.34. The van der Waals surface area contributed by atoms with Crippen molar-refractivity contribution in [2.75, 3.05) is 6.54 Å². The third kappa shape index (κ3) is 3.01. The Morgan fingerprint density at radius 1 is 1.35 bits per heavy atom. The molecular formula is C14H26N2O. The molecule has 1 aliphatic heterocycles. The summed E-state index contributed by atoms with van der Waals surface area (Å²) >= 11 is 0. The van der Waals surface area contributed by atoms with Crippen LogP contribution in [-0.4, -0.2) is 29.4 Å². The molecule has 2 rings (SSSR count). The Morgan fingerprint density at radius 3 is 2.59 bits per heavy atom. The highest BCUT2D eigenvalue weighted by Gasteiger charge is 2.35. The molecule has 0 aromatic carbocycles. The van der Waals surface area contributed by atoms with Crippen LogP contribution in [0.5, 0.6) is 0 Å². The second kappa shape index (κ2) is 4.97. The van der Waals surface area contributed by atoms with E-state index in [0.29, 0.717) is 30.2 Å². The summed E-state index contributed by atoms with van der Waals surface area (Å²) in [5.41, 5.74) is 6.05. The standard InChI is InChI=1S/C14H26N2O/c1-9-6-10(2)11(3)16(8-9)14(17)7-13(15)12-4-5-12/h9-13H,4-8,15H2,1-3H3. The Bertz CT molecular complexity index is 288. The summed E-state index contributed by atoms with van der Waals surface area (Å²) in [6, 6.07) is 0.479. The molecule has 0 radical (unpaired) electrons. The molecule has 1 amide bonds. The summed E-state index contributed by atoms with van der Waals surface area (Å²) in [5, 5.41) is 0. The molecule has 1 aliphatic carbocycles. The zero-order valence-corrected chi connectivity index (χ0v) is 11.4. The van der Waals surface area contributed by atoms with Gasteiger partial charge in [-0.15, -0.1) is 0 Å². The monoisotopic (exact) mass is 238 g/mol. The number of rotatable bonds is 3. The maximum Gasteiger partial charge on any atom is 0.224 e. The lowest BCUT2D eigenvalue weighted by molar-refractivity contribution is -0.137. The number of nitrogens with zero attached hydrogens (tertiary/aromatic N) is 1. The van der Waals surface area contributed by atoms with E-state index in [1.165, 1.54) is 19.3 Å². The highest BCUT2D eigenvalue weighted by molar-refractivity contribution is 5.77. The molecule has 1 saturated heterocycles. The van der Waals surface area contributed by atoms with Gasteiger partial charge in [-0.05, 0) is 43.9 Å². The summed E-state index contributed by atoms with van der Waals surface area (Å²) in [7, 11) is 0. The van der Waals surface area contributed by atoms with E-state index in [-0.39, 0.29) is 11.9 Å². The van der Waals surface area contributed by atoms with Crippen molar-refractivity contribution in [2.24, 2.45) is 23.5 Å². The van der Waals surface area contributed by atoms with Gasteiger partial charge in [-0.2, -0.15) is 0 Å². The van der Waals surface area contributed by atoms with Crippen LogP contribution < -0.4 is 5.73 Å². The molecule has 0 aromatic heterocycles. The van der Waals surface area contributed by atoms with E-state index in [2.05, 4.69) is 25.7 Å². The Hall–Kier alpha value is -0.570. The van der Waals surface area contributed by atoms with Crippen LogP contribution in [0.3, 0.4) is 0 Å².